The van der Waals surface area contributed by atoms with Crippen molar-refractivity contribution in [2.24, 2.45) is 5.92 Å². The van der Waals surface area contributed by atoms with E-state index in [9.17, 15) is 19.5 Å². The summed E-state index contributed by atoms with van der Waals surface area (Å²) in [5.74, 6) is -1.82. The second kappa shape index (κ2) is 7.26. The molecule has 0 bridgehead atoms. The zero-order valence-corrected chi connectivity index (χ0v) is 13.3. The van der Waals surface area contributed by atoms with E-state index in [4.69, 9.17) is 0 Å². The Morgan fingerprint density at radius 3 is 2.09 bits per heavy atom. The first kappa shape index (κ1) is 17.0. The molecule has 1 fully saturated rings. The zero-order chi connectivity index (χ0) is 17.0. The molecule has 2 atom stereocenters. The number of aliphatic carboxylic acids is 1. The molecule has 0 radical (unpaired) electrons. The van der Waals surface area contributed by atoms with E-state index in [1.165, 1.54) is 12.1 Å². The van der Waals surface area contributed by atoms with Gasteiger partial charge < -0.3 is 15.7 Å². The maximum absolute atomic E-state index is 12.2. The number of carbonyl (C=O) groups excluding carboxylic acids is 2. The number of carbonyl (C=O) groups is 3. The van der Waals surface area contributed by atoms with Crippen molar-refractivity contribution in [1.82, 2.24) is 10.6 Å². The van der Waals surface area contributed by atoms with Gasteiger partial charge >= 0.3 is 5.97 Å². The molecule has 0 aliphatic heterocycles. The smallest absolute Gasteiger partial charge is 0.326 e. The molecule has 0 saturated heterocycles. The summed E-state index contributed by atoms with van der Waals surface area (Å²) in [7, 11) is 0. The minimum Gasteiger partial charge on any atom is -0.480 e. The topological polar surface area (TPSA) is 95.5 Å². The molecule has 23 heavy (non-hydrogen) atoms. The normalized spacial score (nSPS) is 16.3. The van der Waals surface area contributed by atoms with Crippen LogP contribution in [-0.4, -0.2) is 35.0 Å². The molecule has 124 valence electrons. The summed E-state index contributed by atoms with van der Waals surface area (Å²) in [6.07, 6.45) is 2.67. The molecule has 0 heterocycles. The lowest BCUT2D eigenvalue weighted by Gasteiger charge is -2.20. The van der Waals surface area contributed by atoms with Gasteiger partial charge in [0.2, 0.25) is 0 Å². The van der Waals surface area contributed by atoms with Crippen molar-refractivity contribution in [2.75, 3.05) is 0 Å². The Labute approximate surface area is 135 Å². The average Bonchev–Trinajstić information content (AvgIpc) is 3.35. The maximum Gasteiger partial charge on any atom is 0.326 e. The molecule has 2 rings (SSSR count). The average molecular weight is 318 g/mol. The van der Waals surface area contributed by atoms with Gasteiger partial charge in [-0.15, -0.1) is 0 Å². The van der Waals surface area contributed by atoms with E-state index < -0.39 is 17.9 Å². The van der Waals surface area contributed by atoms with Gasteiger partial charge in [-0.3, -0.25) is 9.59 Å². The fraction of sp³-hybridized carbons (Fsp3) is 0.471. The highest BCUT2D eigenvalue weighted by atomic mass is 16.4. The molecular weight excluding hydrogens is 296 g/mol. The number of carboxylic acids is 1. The van der Waals surface area contributed by atoms with Gasteiger partial charge in [0.15, 0.2) is 0 Å². The molecule has 6 heteroatoms. The fourth-order valence-electron chi connectivity index (χ4n) is 2.18. The van der Waals surface area contributed by atoms with Gasteiger partial charge in [-0.25, -0.2) is 4.79 Å². The van der Waals surface area contributed by atoms with Crippen LogP contribution in [0.15, 0.2) is 24.3 Å². The molecule has 3 N–H and O–H groups in total. The highest BCUT2D eigenvalue weighted by Gasteiger charge is 2.26. The number of benzene rings is 1. The third-order valence-electron chi connectivity index (χ3n) is 4.09. The zero-order valence-electron chi connectivity index (χ0n) is 13.3. The summed E-state index contributed by atoms with van der Waals surface area (Å²) >= 11 is 0. The monoisotopic (exact) mass is 318 g/mol. The molecule has 2 amide bonds. The lowest BCUT2D eigenvalue weighted by molar-refractivity contribution is -0.140. The molecule has 1 aromatic rings. The van der Waals surface area contributed by atoms with Crippen LogP contribution in [0.2, 0.25) is 0 Å². The molecule has 1 aliphatic rings. The quantitative estimate of drug-likeness (QED) is 0.714. The van der Waals surface area contributed by atoms with Gasteiger partial charge in [0.05, 0.1) is 0 Å². The maximum atomic E-state index is 12.2. The van der Waals surface area contributed by atoms with Gasteiger partial charge in [0.1, 0.15) is 6.04 Å². The van der Waals surface area contributed by atoms with E-state index in [0.29, 0.717) is 17.5 Å². The van der Waals surface area contributed by atoms with Crippen LogP contribution in [-0.2, 0) is 4.79 Å². The number of hydrogen-bond acceptors (Lipinski definition) is 3. The van der Waals surface area contributed by atoms with Crippen molar-refractivity contribution in [1.29, 1.82) is 0 Å². The summed E-state index contributed by atoms with van der Waals surface area (Å²) in [6.45, 7) is 3.66. The summed E-state index contributed by atoms with van der Waals surface area (Å²) in [6, 6.07) is 5.57. The number of hydrogen-bond donors (Lipinski definition) is 3. The number of carboxylic acid groups (broad SMARTS) is 1. The standard InChI is InChI=1S/C17H22N2O4/c1-3-10(2)14(17(22)23)19-16(21)12-6-4-11(5-7-12)15(20)18-13-8-9-13/h4-7,10,13-14H,3,8-9H2,1-2H3,(H,18,20)(H,19,21)(H,22,23)/t10-,14-/m0/s1. The first-order valence-electron chi connectivity index (χ1n) is 7.87. The predicted molar refractivity (Wildman–Crippen MR) is 85.3 cm³/mol. The molecule has 0 unspecified atom stereocenters. The molecule has 0 aromatic heterocycles. The SMILES string of the molecule is CC[C@H](C)[C@H](NC(=O)c1ccc(C(=O)NC2CC2)cc1)C(=O)O. The molecule has 1 aromatic carbocycles. The first-order chi connectivity index (χ1) is 10.9. The highest BCUT2D eigenvalue weighted by molar-refractivity contribution is 5.99. The van der Waals surface area contributed by atoms with E-state index in [-0.39, 0.29) is 17.9 Å². The Kier molecular flexibility index (Phi) is 5.36. The second-order valence-corrected chi connectivity index (χ2v) is 6.00. The minimum atomic E-state index is -1.05. The van der Waals surface area contributed by atoms with E-state index in [1.807, 2.05) is 6.92 Å². The molecule has 1 saturated carbocycles. The van der Waals surface area contributed by atoms with Crippen LogP contribution in [0.3, 0.4) is 0 Å². The van der Waals surface area contributed by atoms with Crippen LogP contribution in [0.1, 0.15) is 53.8 Å². The van der Waals surface area contributed by atoms with E-state index in [0.717, 1.165) is 12.8 Å². The molecular formula is C17H22N2O4. The van der Waals surface area contributed by atoms with Crippen molar-refractivity contribution >= 4 is 17.8 Å². The van der Waals surface area contributed by atoms with Crippen LogP contribution in [0.25, 0.3) is 0 Å². The number of nitrogens with one attached hydrogen (secondary N) is 2. The van der Waals surface area contributed by atoms with Gasteiger partial charge in [-0.05, 0) is 43.0 Å². The Hall–Kier alpha value is -2.37. The summed E-state index contributed by atoms with van der Waals surface area (Å²) < 4.78 is 0. The van der Waals surface area contributed by atoms with Crippen molar-refractivity contribution in [3.05, 3.63) is 35.4 Å². The third-order valence-corrected chi connectivity index (χ3v) is 4.09. The minimum absolute atomic E-state index is 0.150. The summed E-state index contributed by atoms with van der Waals surface area (Å²) in [5, 5.41) is 14.6. The summed E-state index contributed by atoms with van der Waals surface area (Å²) in [4.78, 5) is 35.3. The third kappa shape index (κ3) is 4.55. The highest BCUT2D eigenvalue weighted by Crippen LogP contribution is 2.19. The Morgan fingerprint density at radius 1 is 1.13 bits per heavy atom. The fourth-order valence-corrected chi connectivity index (χ4v) is 2.18. The van der Waals surface area contributed by atoms with Crippen LogP contribution >= 0.6 is 0 Å². The molecule has 1 aliphatic carbocycles. The van der Waals surface area contributed by atoms with Gasteiger partial charge in [-0.2, -0.15) is 0 Å². The molecule has 6 nitrogen and oxygen atoms in total. The van der Waals surface area contributed by atoms with Gasteiger partial charge in [-0.1, -0.05) is 20.3 Å². The lowest BCUT2D eigenvalue weighted by Crippen LogP contribution is -2.45. The molecule has 0 spiro atoms. The first-order valence-corrected chi connectivity index (χ1v) is 7.87. The number of rotatable bonds is 7. The van der Waals surface area contributed by atoms with Crippen molar-refractivity contribution in [2.45, 2.75) is 45.2 Å². The Morgan fingerprint density at radius 2 is 1.65 bits per heavy atom. The number of amides is 2. The van der Waals surface area contributed by atoms with Crippen molar-refractivity contribution < 1.29 is 19.5 Å². The lowest BCUT2D eigenvalue weighted by atomic mass is 9.99. The second-order valence-electron chi connectivity index (χ2n) is 6.00. The van der Waals surface area contributed by atoms with E-state index in [2.05, 4.69) is 10.6 Å². The van der Waals surface area contributed by atoms with Crippen LogP contribution in [0.5, 0.6) is 0 Å². The Balaban J connectivity index is 2.01. The van der Waals surface area contributed by atoms with Crippen LogP contribution in [0, 0.1) is 5.92 Å². The van der Waals surface area contributed by atoms with Gasteiger partial charge in [0.25, 0.3) is 11.8 Å². The summed E-state index contributed by atoms with van der Waals surface area (Å²) in [5.41, 5.74) is 0.827. The van der Waals surface area contributed by atoms with E-state index >= 15 is 0 Å². The van der Waals surface area contributed by atoms with E-state index in [1.54, 1.807) is 19.1 Å². The van der Waals surface area contributed by atoms with Crippen LogP contribution < -0.4 is 10.6 Å². The van der Waals surface area contributed by atoms with Crippen molar-refractivity contribution in [3.63, 3.8) is 0 Å². The van der Waals surface area contributed by atoms with Crippen LogP contribution in [0.4, 0.5) is 0 Å². The Bertz CT molecular complexity index is 593. The van der Waals surface area contributed by atoms with Gasteiger partial charge in [0, 0.05) is 17.2 Å². The largest absolute Gasteiger partial charge is 0.480 e. The predicted octanol–water partition coefficient (Wildman–Crippen LogP) is 1.81. The van der Waals surface area contributed by atoms with Crippen molar-refractivity contribution in [3.8, 4) is 0 Å².